The van der Waals surface area contributed by atoms with E-state index in [1.807, 2.05) is 0 Å². The van der Waals surface area contributed by atoms with E-state index in [9.17, 15) is 13.2 Å². The maximum Gasteiger partial charge on any atom is 0.416 e. The van der Waals surface area contributed by atoms with Crippen molar-refractivity contribution in [2.75, 3.05) is 26.2 Å². The molecule has 0 saturated heterocycles. The molecule has 0 aliphatic rings. The molecule has 5 heteroatoms. The van der Waals surface area contributed by atoms with Crippen molar-refractivity contribution in [3.05, 3.63) is 29.8 Å². The fourth-order valence-electron chi connectivity index (χ4n) is 2.07. The van der Waals surface area contributed by atoms with Crippen LogP contribution in [0.15, 0.2) is 24.3 Å². The normalized spacial score (nSPS) is 11.9. The first-order valence-corrected chi connectivity index (χ1v) is 7.49. The van der Waals surface area contributed by atoms with Crippen LogP contribution < -0.4 is 4.74 Å². The number of halogens is 3. The molecular formula is C16H24F3NO. The highest BCUT2D eigenvalue weighted by Gasteiger charge is 2.29. The number of rotatable bonds is 9. The number of benzene rings is 1. The molecule has 1 rings (SSSR count). The van der Waals surface area contributed by atoms with Crippen LogP contribution in [0.25, 0.3) is 0 Å². The summed E-state index contributed by atoms with van der Waals surface area (Å²) in [6.07, 6.45) is -0.902. The SMILES string of the molecule is CCCCN(CCC)CCOc1ccc(C(F)(F)F)cc1. The van der Waals surface area contributed by atoms with Crippen LogP contribution in [0.3, 0.4) is 0 Å². The zero-order chi connectivity index (χ0) is 15.7. The van der Waals surface area contributed by atoms with E-state index in [0.29, 0.717) is 12.4 Å². The minimum atomic E-state index is -4.30. The summed E-state index contributed by atoms with van der Waals surface area (Å²) in [4.78, 5) is 2.33. The Bertz CT molecular complexity index is 390. The van der Waals surface area contributed by atoms with Gasteiger partial charge in [-0.25, -0.2) is 0 Å². The Balaban J connectivity index is 2.40. The highest BCUT2D eigenvalue weighted by Crippen LogP contribution is 2.30. The van der Waals surface area contributed by atoms with E-state index >= 15 is 0 Å². The van der Waals surface area contributed by atoms with Crippen molar-refractivity contribution >= 4 is 0 Å². The summed E-state index contributed by atoms with van der Waals surface area (Å²) in [6.45, 7) is 7.65. The second-order valence-corrected chi connectivity index (χ2v) is 5.07. The van der Waals surface area contributed by atoms with Crippen LogP contribution >= 0.6 is 0 Å². The predicted molar refractivity (Wildman–Crippen MR) is 78.6 cm³/mol. The lowest BCUT2D eigenvalue weighted by molar-refractivity contribution is -0.137. The summed E-state index contributed by atoms with van der Waals surface area (Å²) >= 11 is 0. The van der Waals surface area contributed by atoms with Gasteiger partial charge in [-0.05, 0) is 50.2 Å². The Kier molecular flexibility index (Phi) is 7.57. The van der Waals surface area contributed by atoms with Gasteiger partial charge < -0.3 is 4.74 Å². The molecule has 0 fully saturated rings. The van der Waals surface area contributed by atoms with Crippen molar-refractivity contribution in [3.63, 3.8) is 0 Å². The maximum atomic E-state index is 12.4. The van der Waals surface area contributed by atoms with Gasteiger partial charge in [-0.15, -0.1) is 0 Å². The number of alkyl halides is 3. The molecule has 21 heavy (non-hydrogen) atoms. The van der Waals surface area contributed by atoms with E-state index in [0.717, 1.165) is 51.0 Å². The molecule has 0 unspecified atom stereocenters. The number of ether oxygens (including phenoxy) is 1. The molecule has 0 aliphatic carbocycles. The van der Waals surface area contributed by atoms with E-state index in [1.165, 1.54) is 12.1 Å². The lowest BCUT2D eigenvalue weighted by atomic mass is 10.2. The van der Waals surface area contributed by atoms with Crippen LogP contribution in [0.4, 0.5) is 13.2 Å². The molecule has 120 valence electrons. The summed E-state index contributed by atoms with van der Waals surface area (Å²) in [7, 11) is 0. The number of hydrogen-bond donors (Lipinski definition) is 0. The minimum absolute atomic E-state index is 0.481. The van der Waals surface area contributed by atoms with Crippen LogP contribution in [0.5, 0.6) is 5.75 Å². The van der Waals surface area contributed by atoms with Gasteiger partial charge in [0.25, 0.3) is 0 Å². The van der Waals surface area contributed by atoms with E-state index in [1.54, 1.807) is 0 Å². The lowest BCUT2D eigenvalue weighted by Crippen LogP contribution is -2.30. The van der Waals surface area contributed by atoms with Gasteiger partial charge in [-0.2, -0.15) is 13.2 Å². The number of hydrogen-bond acceptors (Lipinski definition) is 2. The van der Waals surface area contributed by atoms with E-state index in [2.05, 4.69) is 18.7 Å². The van der Waals surface area contributed by atoms with Gasteiger partial charge >= 0.3 is 6.18 Å². The molecule has 0 spiro atoms. The Morgan fingerprint density at radius 3 is 2.14 bits per heavy atom. The fraction of sp³-hybridized carbons (Fsp3) is 0.625. The Hall–Kier alpha value is -1.23. The number of nitrogens with zero attached hydrogens (tertiary/aromatic N) is 1. The van der Waals surface area contributed by atoms with Gasteiger partial charge in [0.1, 0.15) is 12.4 Å². The molecule has 2 nitrogen and oxygen atoms in total. The van der Waals surface area contributed by atoms with Gasteiger partial charge in [0.05, 0.1) is 5.56 Å². The van der Waals surface area contributed by atoms with E-state index < -0.39 is 11.7 Å². The molecule has 0 heterocycles. The van der Waals surface area contributed by atoms with Gasteiger partial charge in [-0.3, -0.25) is 4.90 Å². The van der Waals surface area contributed by atoms with Crippen molar-refractivity contribution in [3.8, 4) is 5.75 Å². The molecule has 1 aromatic rings. The van der Waals surface area contributed by atoms with Gasteiger partial charge in [0.15, 0.2) is 0 Å². The van der Waals surface area contributed by atoms with Crippen LogP contribution in [0, 0.1) is 0 Å². The summed E-state index contributed by atoms with van der Waals surface area (Å²) in [5.74, 6) is 0.481. The van der Waals surface area contributed by atoms with Crippen LogP contribution in [-0.2, 0) is 6.18 Å². The third-order valence-electron chi connectivity index (χ3n) is 3.23. The van der Waals surface area contributed by atoms with Crippen molar-refractivity contribution in [2.45, 2.75) is 39.3 Å². The molecule has 0 aliphatic heterocycles. The first-order chi connectivity index (χ1) is 9.97. The van der Waals surface area contributed by atoms with Crippen LogP contribution in [0.2, 0.25) is 0 Å². The smallest absolute Gasteiger partial charge is 0.416 e. The average Bonchev–Trinajstić information content (AvgIpc) is 2.44. The molecule has 0 saturated carbocycles. The number of unbranched alkanes of at least 4 members (excludes halogenated alkanes) is 1. The van der Waals surface area contributed by atoms with Gasteiger partial charge in [0, 0.05) is 6.54 Å². The summed E-state index contributed by atoms with van der Waals surface area (Å²) in [5, 5.41) is 0. The van der Waals surface area contributed by atoms with Crippen molar-refractivity contribution in [1.29, 1.82) is 0 Å². The second kappa shape index (κ2) is 8.93. The predicted octanol–water partition coefficient (Wildman–Crippen LogP) is 4.60. The average molecular weight is 303 g/mol. The standard InChI is InChI=1S/C16H24F3NO/c1-3-5-11-20(10-4-2)12-13-21-15-8-6-14(7-9-15)16(17,18)19/h6-9H,3-5,10-13H2,1-2H3. The monoisotopic (exact) mass is 303 g/mol. The molecule has 1 aromatic carbocycles. The lowest BCUT2D eigenvalue weighted by Gasteiger charge is -2.21. The zero-order valence-corrected chi connectivity index (χ0v) is 12.7. The third-order valence-corrected chi connectivity index (χ3v) is 3.23. The maximum absolute atomic E-state index is 12.4. The minimum Gasteiger partial charge on any atom is -0.492 e. The van der Waals surface area contributed by atoms with Crippen LogP contribution in [0.1, 0.15) is 38.7 Å². The summed E-state index contributed by atoms with van der Waals surface area (Å²) in [5.41, 5.74) is -0.648. The zero-order valence-electron chi connectivity index (χ0n) is 12.7. The van der Waals surface area contributed by atoms with Crippen LogP contribution in [-0.4, -0.2) is 31.1 Å². The molecular weight excluding hydrogens is 279 g/mol. The van der Waals surface area contributed by atoms with Crippen molar-refractivity contribution in [1.82, 2.24) is 4.90 Å². The highest BCUT2D eigenvalue weighted by molar-refractivity contribution is 5.28. The molecule has 0 amide bonds. The second-order valence-electron chi connectivity index (χ2n) is 5.07. The van der Waals surface area contributed by atoms with E-state index in [-0.39, 0.29) is 0 Å². The summed E-state index contributed by atoms with van der Waals surface area (Å²) in [6, 6.07) is 4.85. The quantitative estimate of drug-likeness (QED) is 0.661. The molecule has 0 atom stereocenters. The van der Waals surface area contributed by atoms with Crippen molar-refractivity contribution < 1.29 is 17.9 Å². The molecule has 0 aromatic heterocycles. The first kappa shape index (κ1) is 17.8. The third kappa shape index (κ3) is 6.85. The first-order valence-electron chi connectivity index (χ1n) is 7.49. The highest BCUT2D eigenvalue weighted by atomic mass is 19.4. The molecule has 0 bridgehead atoms. The van der Waals surface area contributed by atoms with Gasteiger partial charge in [0.2, 0.25) is 0 Å². The fourth-order valence-corrected chi connectivity index (χ4v) is 2.07. The summed E-state index contributed by atoms with van der Waals surface area (Å²) < 4.78 is 42.8. The van der Waals surface area contributed by atoms with Crippen molar-refractivity contribution in [2.24, 2.45) is 0 Å². The van der Waals surface area contributed by atoms with E-state index in [4.69, 9.17) is 4.74 Å². The topological polar surface area (TPSA) is 12.5 Å². The Labute approximate surface area is 124 Å². The molecule has 0 N–H and O–H groups in total. The molecule has 0 radical (unpaired) electrons. The Morgan fingerprint density at radius 1 is 0.952 bits per heavy atom. The van der Waals surface area contributed by atoms with Gasteiger partial charge in [-0.1, -0.05) is 20.3 Å². The Morgan fingerprint density at radius 2 is 1.62 bits per heavy atom. The largest absolute Gasteiger partial charge is 0.492 e.